The second-order valence-corrected chi connectivity index (χ2v) is 14.2. The maximum absolute atomic E-state index is 13.1. The molecule has 8 rings (SSSR count). The molecule has 3 aromatic heterocycles. The monoisotopic (exact) mass is 698 g/mol. The van der Waals surface area contributed by atoms with Gasteiger partial charge in [-0.25, -0.2) is 9.97 Å². The van der Waals surface area contributed by atoms with Crippen LogP contribution in [-0.4, -0.2) is 80.6 Å². The molecule has 4 aliphatic rings. The van der Waals surface area contributed by atoms with Gasteiger partial charge >= 0.3 is 0 Å². The minimum absolute atomic E-state index is 0.189. The Kier molecular flexibility index (Phi) is 9.19. The first-order valence-corrected chi connectivity index (χ1v) is 18.3. The lowest BCUT2D eigenvalue weighted by Gasteiger charge is -2.32. The fourth-order valence-electron chi connectivity index (χ4n) is 8.11. The number of hydrogen-bond donors (Lipinski definition) is 3. The molecule has 0 aliphatic carbocycles. The quantitative estimate of drug-likeness (QED) is 0.185. The number of carbonyl (C=O) groups excluding carboxylic acids is 4. The number of aromatic amines is 1. The van der Waals surface area contributed by atoms with Crippen LogP contribution in [0, 0.1) is 17.8 Å². The van der Waals surface area contributed by atoms with Crippen molar-refractivity contribution in [1.29, 1.82) is 0 Å². The van der Waals surface area contributed by atoms with Crippen molar-refractivity contribution in [1.82, 2.24) is 30.1 Å². The van der Waals surface area contributed by atoms with Gasteiger partial charge in [0.05, 0.1) is 11.1 Å². The number of likely N-dealkylation sites (tertiary alicyclic amines) is 1. The first-order chi connectivity index (χ1) is 25.3. The molecular formula is C40H42N8O4. The molecule has 3 saturated heterocycles. The minimum Gasteiger partial charge on any atom is -0.357 e. The first kappa shape index (κ1) is 33.6. The van der Waals surface area contributed by atoms with Crippen molar-refractivity contribution in [2.24, 2.45) is 5.92 Å². The molecule has 4 aromatic rings. The number of anilines is 2. The summed E-state index contributed by atoms with van der Waals surface area (Å²) >= 11 is 0. The van der Waals surface area contributed by atoms with E-state index in [4.69, 9.17) is 0 Å². The Labute approximate surface area is 302 Å². The van der Waals surface area contributed by atoms with Gasteiger partial charge in [-0.05, 0) is 87.0 Å². The van der Waals surface area contributed by atoms with Gasteiger partial charge in [-0.1, -0.05) is 24.8 Å². The van der Waals surface area contributed by atoms with Gasteiger partial charge in [-0.2, -0.15) is 0 Å². The highest BCUT2D eigenvalue weighted by atomic mass is 16.2. The second kappa shape index (κ2) is 14.2. The predicted molar refractivity (Wildman–Crippen MR) is 196 cm³/mol. The molecule has 0 bridgehead atoms. The van der Waals surface area contributed by atoms with Crippen LogP contribution in [0.3, 0.4) is 0 Å². The Morgan fingerprint density at radius 3 is 2.63 bits per heavy atom. The van der Waals surface area contributed by atoms with E-state index < -0.39 is 11.9 Å². The van der Waals surface area contributed by atoms with Gasteiger partial charge in [-0.15, -0.1) is 0 Å². The SMILES string of the molecule is CCN1CCC[C@@H]1c1cc2cnc(NC(=O)c3ccc(N4CCC(CC#Cc5cccc6c5CN(C5CCC(=O)NC5=O)C6=O)CC4)nc3)cc2[nH]1. The molecular weight excluding hydrogens is 656 g/mol. The van der Waals surface area contributed by atoms with E-state index in [2.05, 4.69) is 60.2 Å². The Morgan fingerprint density at radius 1 is 0.981 bits per heavy atom. The maximum Gasteiger partial charge on any atom is 0.258 e. The number of nitrogens with one attached hydrogen (secondary N) is 3. The summed E-state index contributed by atoms with van der Waals surface area (Å²) in [6.07, 6.45) is 9.03. The van der Waals surface area contributed by atoms with Gasteiger partial charge in [0.25, 0.3) is 11.8 Å². The minimum atomic E-state index is -0.642. The van der Waals surface area contributed by atoms with E-state index in [9.17, 15) is 19.2 Å². The van der Waals surface area contributed by atoms with Crippen molar-refractivity contribution < 1.29 is 19.2 Å². The van der Waals surface area contributed by atoms with Gasteiger partial charge in [-0.3, -0.25) is 29.4 Å². The zero-order valence-electron chi connectivity index (χ0n) is 29.3. The third kappa shape index (κ3) is 6.64. The van der Waals surface area contributed by atoms with Crippen LogP contribution in [0.2, 0.25) is 0 Å². The highest BCUT2D eigenvalue weighted by Crippen LogP contribution is 2.33. The van der Waals surface area contributed by atoms with Crippen molar-refractivity contribution in [2.75, 3.05) is 36.4 Å². The summed E-state index contributed by atoms with van der Waals surface area (Å²) in [5.74, 6) is 7.29. The van der Waals surface area contributed by atoms with Crippen molar-refractivity contribution >= 4 is 46.2 Å². The Hall–Kier alpha value is -5.54. The van der Waals surface area contributed by atoms with Gasteiger partial charge in [0.1, 0.15) is 17.7 Å². The van der Waals surface area contributed by atoms with Gasteiger partial charge in [0.2, 0.25) is 11.8 Å². The standard InChI is InChI=1S/C40H42N8O4/c1-2-46-17-5-10-33(46)32-20-28-23-41-35(21-31(28)43-32)44-38(50)27-11-13-36(42-22-27)47-18-15-25(16-19-47)6-3-7-26-8-4-9-29-30(26)24-48(40(29)52)34-12-14-37(49)45-39(34)51/h4,8-9,11,13,20-23,25,33-34,43H,2,5-6,10,12,14-19,24H2,1H3,(H,41,44,50)(H,45,49,51)/t33-,34?/m1/s1. The topological polar surface area (TPSA) is 144 Å². The molecule has 1 unspecified atom stereocenters. The number of nitrogens with zero attached hydrogens (tertiary/aromatic N) is 5. The lowest BCUT2D eigenvalue weighted by atomic mass is 9.93. The number of H-pyrrole nitrogens is 1. The van der Waals surface area contributed by atoms with Crippen molar-refractivity contribution in [2.45, 2.75) is 70.5 Å². The zero-order valence-corrected chi connectivity index (χ0v) is 29.3. The average molecular weight is 699 g/mol. The smallest absolute Gasteiger partial charge is 0.258 e. The van der Waals surface area contributed by atoms with Gasteiger partial charge in [0, 0.05) is 79.2 Å². The Balaban J connectivity index is 0.835. The number of benzene rings is 1. The van der Waals surface area contributed by atoms with Crippen LogP contribution >= 0.6 is 0 Å². The molecule has 52 heavy (non-hydrogen) atoms. The van der Waals surface area contributed by atoms with Crippen molar-refractivity contribution in [3.8, 4) is 11.8 Å². The molecule has 1 aromatic carbocycles. The normalized spacial score (nSPS) is 20.9. The van der Waals surface area contributed by atoms with Crippen LogP contribution in [0.4, 0.5) is 11.6 Å². The molecule has 2 atom stereocenters. The van der Waals surface area contributed by atoms with E-state index in [0.29, 0.717) is 41.9 Å². The highest BCUT2D eigenvalue weighted by Gasteiger charge is 2.39. The number of piperidine rings is 2. The number of pyridine rings is 2. The number of carbonyl (C=O) groups is 4. The summed E-state index contributed by atoms with van der Waals surface area (Å²) < 4.78 is 0. The summed E-state index contributed by atoms with van der Waals surface area (Å²) in [4.78, 5) is 69.2. The number of amides is 4. The highest BCUT2D eigenvalue weighted by molar-refractivity contribution is 6.06. The Bertz CT molecular complexity index is 2110. The molecule has 266 valence electrons. The Morgan fingerprint density at radius 2 is 1.85 bits per heavy atom. The number of fused-ring (bicyclic) bond motifs is 2. The fraction of sp³-hybridized carbons (Fsp3) is 0.400. The molecule has 7 heterocycles. The van der Waals surface area contributed by atoms with Crippen LogP contribution in [0.25, 0.3) is 10.9 Å². The second-order valence-electron chi connectivity index (χ2n) is 14.2. The number of imide groups is 1. The molecule has 0 radical (unpaired) electrons. The summed E-state index contributed by atoms with van der Waals surface area (Å²) in [7, 11) is 0. The molecule has 0 spiro atoms. The van der Waals surface area contributed by atoms with Crippen LogP contribution in [0.15, 0.2) is 54.9 Å². The van der Waals surface area contributed by atoms with Gasteiger partial charge < -0.3 is 20.1 Å². The summed E-state index contributed by atoms with van der Waals surface area (Å²) in [6, 6.07) is 13.1. The largest absolute Gasteiger partial charge is 0.357 e. The van der Waals surface area contributed by atoms with E-state index in [1.807, 2.05) is 30.3 Å². The molecule has 3 N–H and O–H groups in total. The first-order valence-electron chi connectivity index (χ1n) is 18.3. The van der Waals surface area contributed by atoms with E-state index >= 15 is 0 Å². The van der Waals surface area contributed by atoms with Crippen molar-refractivity contribution in [3.63, 3.8) is 0 Å². The molecule has 12 heteroatoms. The van der Waals surface area contributed by atoms with E-state index in [1.165, 1.54) is 12.1 Å². The fourth-order valence-corrected chi connectivity index (χ4v) is 8.11. The van der Waals surface area contributed by atoms with Crippen LogP contribution in [0.5, 0.6) is 0 Å². The van der Waals surface area contributed by atoms with E-state index in [-0.39, 0.29) is 24.1 Å². The van der Waals surface area contributed by atoms with Crippen LogP contribution < -0.4 is 15.5 Å². The van der Waals surface area contributed by atoms with E-state index in [0.717, 1.165) is 79.7 Å². The van der Waals surface area contributed by atoms with Crippen LogP contribution in [-0.2, 0) is 16.1 Å². The lowest BCUT2D eigenvalue weighted by molar-refractivity contribution is -0.136. The molecule has 4 amide bonds. The van der Waals surface area contributed by atoms with Crippen molar-refractivity contribution in [3.05, 3.63) is 82.8 Å². The average Bonchev–Trinajstić information content (AvgIpc) is 3.89. The summed E-state index contributed by atoms with van der Waals surface area (Å²) in [6.45, 7) is 6.36. The third-order valence-corrected chi connectivity index (χ3v) is 11.0. The van der Waals surface area contributed by atoms with E-state index in [1.54, 1.807) is 23.4 Å². The zero-order chi connectivity index (χ0) is 35.8. The molecule has 4 aliphatic heterocycles. The summed E-state index contributed by atoms with van der Waals surface area (Å²) in [5.41, 5.74) is 4.87. The number of rotatable bonds is 7. The number of aromatic nitrogens is 3. The summed E-state index contributed by atoms with van der Waals surface area (Å²) in [5, 5.41) is 6.32. The van der Waals surface area contributed by atoms with Gasteiger partial charge in [0.15, 0.2) is 0 Å². The lowest BCUT2D eigenvalue weighted by Crippen LogP contribution is -2.52. The molecule has 3 fully saturated rings. The number of hydrogen-bond acceptors (Lipinski definition) is 8. The molecule has 0 saturated carbocycles. The third-order valence-electron chi connectivity index (χ3n) is 11.0. The maximum atomic E-state index is 13.1. The van der Waals surface area contributed by atoms with Crippen LogP contribution in [0.1, 0.15) is 95.4 Å². The molecule has 12 nitrogen and oxygen atoms in total. The predicted octanol–water partition coefficient (Wildman–Crippen LogP) is 4.79.